The number of hydrogen-bond donors (Lipinski definition) is 2. The SMILES string of the molecule is Cc1c(F)cccc1Nc1ncc[nH]1. The second-order valence-corrected chi connectivity index (χ2v) is 2.98. The van der Waals surface area contributed by atoms with Crippen LogP contribution in [0.4, 0.5) is 16.0 Å². The van der Waals surface area contributed by atoms with E-state index in [-0.39, 0.29) is 5.82 Å². The fourth-order valence-corrected chi connectivity index (χ4v) is 1.20. The van der Waals surface area contributed by atoms with E-state index in [4.69, 9.17) is 0 Å². The van der Waals surface area contributed by atoms with Gasteiger partial charge in [-0.3, -0.25) is 0 Å². The molecule has 2 N–H and O–H groups in total. The van der Waals surface area contributed by atoms with Crippen molar-refractivity contribution >= 4 is 11.6 Å². The second-order valence-electron chi connectivity index (χ2n) is 2.98. The third kappa shape index (κ3) is 1.59. The molecule has 1 aromatic carbocycles. The fourth-order valence-electron chi connectivity index (χ4n) is 1.20. The van der Waals surface area contributed by atoms with Crippen molar-refractivity contribution in [2.24, 2.45) is 0 Å². The minimum Gasteiger partial charge on any atom is -0.331 e. The van der Waals surface area contributed by atoms with Gasteiger partial charge in [0.1, 0.15) is 5.82 Å². The number of rotatable bonds is 2. The summed E-state index contributed by atoms with van der Waals surface area (Å²) in [6, 6.07) is 4.90. The molecular weight excluding hydrogens is 181 g/mol. The molecule has 0 bridgehead atoms. The Kier molecular flexibility index (Phi) is 2.18. The molecule has 1 heterocycles. The van der Waals surface area contributed by atoms with Crippen LogP contribution in [-0.4, -0.2) is 9.97 Å². The molecule has 0 aliphatic carbocycles. The summed E-state index contributed by atoms with van der Waals surface area (Å²) in [5.41, 5.74) is 1.31. The van der Waals surface area contributed by atoms with Crippen LogP contribution in [0, 0.1) is 12.7 Å². The van der Waals surface area contributed by atoms with Crippen molar-refractivity contribution in [1.82, 2.24) is 9.97 Å². The molecule has 0 aliphatic heterocycles. The number of imidazole rings is 1. The number of aromatic amines is 1. The van der Waals surface area contributed by atoms with Gasteiger partial charge in [-0.05, 0) is 19.1 Å². The lowest BCUT2D eigenvalue weighted by atomic mass is 10.2. The number of halogens is 1. The first-order valence-electron chi connectivity index (χ1n) is 4.29. The Bertz CT molecular complexity index is 423. The third-order valence-corrected chi connectivity index (χ3v) is 2.02. The highest BCUT2D eigenvalue weighted by atomic mass is 19.1. The molecule has 1 aromatic heterocycles. The van der Waals surface area contributed by atoms with Crippen molar-refractivity contribution in [1.29, 1.82) is 0 Å². The smallest absolute Gasteiger partial charge is 0.204 e. The van der Waals surface area contributed by atoms with E-state index in [0.29, 0.717) is 11.5 Å². The fraction of sp³-hybridized carbons (Fsp3) is 0.100. The summed E-state index contributed by atoms with van der Waals surface area (Å²) in [6.45, 7) is 1.72. The summed E-state index contributed by atoms with van der Waals surface area (Å²) >= 11 is 0. The van der Waals surface area contributed by atoms with E-state index in [0.717, 1.165) is 5.69 Å². The molecule has 0 radical (unpaired) electrons. The number of nitrogens with zero attached hydrogens (tertiary/aromatic N) is 1. The number of hydrogen-bond acceptors (Lipinski definition) is 2. The van der Waals surface area contributed by atoms with Crippen molar-refractivity contribution in [2.45, 2.75) is 6.92 Å². The molecule has 0 saturated carbocycles. The van der Waals surface area contributed by atoms with Crippen LogP contribution in [0.5, 0.6) is 0 Å². The average molecular weight is 191 g/mol. The summed E-state index contributed by atoms with van der Waals surface area (Å²) in [5.74, 6) is 0.389. The minimum atomic E-state index is -0.221. The van der Waals surface area contributed by atoms with Crippen LogP contribution in [0.2, 0.25) is 0 Å². The van der Waals surface area contributed by atoms with Crippen LogP contribution >= 0.6 is 0 Å². The predicted molar refractivity (Wildman–Crippen MR) is 53.0 cm³/mol. The van der Waals surface area contributed by atoms with Crippen LogP contribution in [0.25, 0.3) is 0 Å². The average Bonchev–Trinajstić information content (AvgIpc) is 2.66. The highest BCUT2D eigenvalue weighted by Crippen LogP contribution is 2.19. The van der Waals surface area contributed by atoms with Gasteiger partial charge < -0.3 is 10.3 Å². The Morgan fingerprint density at radius 2 is 2.29 bits per heavy atom. The number of H-pyrrole nitrogens is 1. The van der Waals surface area contributed by atoms with Gasteiger partial charge in [-0.1, -0.05) is 6.07 Å². The van der Waals surface area contributed by atoms with Crippen molar-refractivity contribution < 1.29 is 4.39 Å². The second kappa shape index (κ2) is 3.49. The third-order valence-electron chi connectivity index (χ3n) is 2.02. The number of aromatic nitrogens is 2. The van der Waals surface area contributed by atoms with E-state index in [1.807, 2.05) is 0 Å². The first-order valence-corrected chi connectivity index (χ1v) is 4.29. The highest BCUT2D eigenvalue weighted by molar-refractivity contribution is 5.58. The largest absolute Gasteiger partial charge is 0.331 e. The van der Waals surface area contributed by atoms with Crippen LogP contribution in [0.3, 0.4) is 0 Å². The summed E-state index contributed by atoms with van der Waals surface area (Å²) in [5, 5.41) is 2.99. The van der Waals surface area contributed by atoms with E-state index in [1.165, 1.54) is 6.07 Å². The van der Waals surface area contributed by atoms with E-state index in [9.17, 15) is 4.39 Å². The predicted octanol–water partition coefficient (Wildman–Crippen LogP) is 2.60. The van der Waals surface area contributed by atoms with Gasteiger partial charge >= 0.3 is 0 Å². The van der Waals surface area contributed by atoms with Crippen LogP contribution in [0.15, 0.2) is 30.6 Å². The number of nitrogens with one attached hydrogen (secondary N) is 2. The van der Waals surface area contributed by atoms with E-state index >= 15 is 0 Å². The molecule has 4 heteroatoms. The monoisotopic (exact) mass is 191 g/mol. The van der Waals surface area contributed by atoms with Gasteiger partial charge in [0, 0.05) is 23.6 Å². The lowest BCUT2D eigenvalue weighted by molar-refractivity contribution is 0.619. The first kappa shape index (κ1) is 8.74. The molecule has 0 spiro atoms. The Hall–Kier alpha value is -1.84. The van der Waals surface area contributed by atoms with E-state index in [1.54, 1.807) is 31.5 Å². The zero-order valence-corrected chi connectivity index (χ0v) is 7.71. The van der Waals surface area contributed by atoms with Gasteiger partial charge in [-0.25, -0.2) is 9.37 Å². The lowest BCUT2D eigenvalue weighted by Crippen LogP contribution is -1.96. The van der Waals surface area contributed by atoms with Crippen molar-refractivity contribution in [3.63, 3.8) is 0 Å². The standard InChI is InChI=1S/C10H10FN3/c1-7-8(11)3-2-4-9(7)14-10-12-5-6-13-10/h2-6H,1H3,(H2,12,13,14). The number of anilines is 2. The van der Waals surface area contributed by atoms with Crippen LogP contribution < -0.4 is 5.32 Å². The molecule has 0 fully saturated rings. The van der Waals surface area contributed by atoms with Gasteiger partial charge in [0.05, 0.1) is 0 Å². The maximum atomic E-state index is 13.1. The van der Waals surface area contributed by atoms with Crippen molar-refractivity contribution in [2.75, 3.05) is 5.32 Å². The maximum Gasteiger partial charge on any atom is 0.204 e. The highest BCUT2D eigenvalue weighted by Gasteiger charge is 2.03. The minimum absolute atomic E-state index is 0.221. The molecule has 0 amide bonds. The van der Waals surface area contributed by atoms with Crippen molar-refractivity contribution in [3.05, 3.63) is 42.0 Å². The van der Waals surface area contributed by atoms with Gasteiger partial charge in [0.15, 0.2) is 0 Å². The Morgan fingerprint density at radius 3 is 3.00 bits per heavy atom. The molecule has 0 saturated heterocycles. The summed E-state index contributed by atoms with van der Waals surface area (Å²) in [6.07, 6.45) is 3.34. The van der Waals surface area contributed by atoms with E-state index in [2.05, 4.69) is 15.3 Å². The molecule has 2 rings (SSSR count). The molecule has 3 nitrogen and oxygen atoms in total. The Morgan fingerprint density at radius 1 is 1.43 bits per heavy atom. The molecule has 72 valence electrons. The lowest BCUT2D eigenvalue weighted by Gasteiger charge is -2.06. The number of benzene rings is 1. The molecule has 2 aromatic rings. The van der Waals surface area contributed by atoms with E-state index < -0.39 is 0 Å². The normalized spacial score (nSPS) is 10.1. The Labute approximate surface area is 81.0 Å². The first-order chi connectivity index (χ1) is 6.77. The summed E-state index contributed by atoms with van der Waals surface area (Å²) in [4.78, 5) is 6.88. The Balaban J connectivity index is 2.29. The molecule has 14 heavy (non-hydrogen) atoms. The maximum absolute atomic E-state index is 13.1. The van der Waals surface area contributed by atoms with Gasteiger partial charge in [-0.15, -0.1) is 0 Å². The molecule has 0 aliphatic rings. The van der Waals surface area contributed by atoms with Crippen LogP contribution in [0.1, 0.15) is 5.56 Å². The zero-order valence-electron chi connectivity index (χ0n) is 7.71. The summed E-state index contributed by atoms with van der Waals surface area (Å²) < 4.78 is 13.1. The van der Waals surface area contributed by atoms with Gasteiger partial charge in [0.25, 0.3) is 0 Å². The topological polar surface area (TPSA) is 40.7 Å². The van der Waals surface area contributed by atoms with Gasteiger partial charge in [-0.2, -0.15) is 0 Å². The van der Waals surface area contributed by atoms with Crippen LogP contribution in [-0.2, 0) is 0 Å². The zero-order chi connectivity index (χ0) is 9.97. The van der Waals surface area contributed by atoms with Gasteiger partial charge in [0.2, 0.25) is 5.95 Å². The quantitative estimate of drug-likeness (QED) is 0.766. The van der Waals surface area contributed by atoms with Crippen molar-refractivity contribution in [3.8, 4) is 0 Å². The molecule has 0 unspecified atom stereocenters. The molecular formula is C10H10FN3. The summed E-state index contributed by atoms with van der Waals surface area (Å²) in [7, 11) is 0. The molecule has 0 atom stereocenters.